The monoisotopic (exact) mass is 250 g/mol. The lowest BCUT2D eigenvalue weighted by Gasteiger charge is -2.34. The Hall–Kier alpha value is -1.29. The third kappa shape index (κ3) is 1.32. The molecule has 2 N–H and O–H groups in total. The van der Waals surface area contributed by atoms with Crippen molar-refractivity contribution in [2.45, 2.75) is 45.3 Å². The van der Waals surface area contributed by atoms with E-state index < -0.39 is 18.0 Å². The van der Waals surface area contributed by atoms with Crippen molar-refractivity contribution >= 4 is 5.97 Å². The van der Waals surface area contributed by atoms with E-state index in [0.717, 1.165) is 36.7 Å². The summed E-state index contributed by atoms with van der Waals surface area (Å²) in [5.41, 5.74) is 2.27. The molecule has 3 aliphatic rings. The highest BCUT2D eigenvalue weighted by Crippen LogP contribution is 2.54. The molecule has 1 saturated heterocycles. The Labute approximate surface area is 106 Å². The first-order valence-corrected chi connectivity index (χ1v) is 6.44. The van der Waals surface area contributed by atoms with E-state index in [1.807, 2.05) is 0 Å². The van der Waals surface area contributed by atoms with Crippen molar-refractivity contribution in [3.8, 4) is 0 Å². The number of carbonyl (C=O) groups is 1. The van der Waals surface area contributed by atoms with Crippen molar-refractivity contribution in [3.63, 3.8) is 0 Å². The Morgan fingerprint density at radius 1 is 1.44 bits per heavy atom. The summed E-state index contributed by atoms with van der Waals surface area (Å²) in [6.45, 7) is 4.26. The molecule has 0 spiro atoms. The van der Waals surface area contributed by atoms with Gasteiger partial charge in [0, 0.05) is 0 Å². The summed E-state index contributed by atoms with van der Waals surface area (Å²) in [4.78, 5) is 11.7. The zero-order valence-corrected chi connectivity index (χ0v) is 10.6. The number of esters is 1. The Kier molecular flexibility index (Phi) is 2.36. The maximum absolute atomic E-state index is 11.7. The maximum Gasteiger partial charge on any atom is 0.338 e. The van der Waals surface area contributed by atoms with Crippen LogP contribution in [0, 0.1) is 11.3 Å². The second kappa shape index (κ2) is 3.60. The van der Waals surface area contributed by atoms with Crippen LogP contribution in [0.4, 0.5) is 0 Å². The predicted octanol–water partition coefficient (Wildman–Crippen LogP) is 1.85. The highest BCUT2D eigenvalue weighted by atomic mass is 16.6. The van der Waals surface area contributed by atoms with E-state index in [1.54, 1.807) is 0 Å². The van der Waals surface area contributed by atoms with Gasteiger partial charge < -0.3 is 14.9 Å². The molecule has 98 valence electrons. The molecule has 18 heavy (non-hydrogen) atoms. The fourth-order valence-corrected chi connectivity index (χ4v) is 3.79. The SMILES string of the molecule is CC1(C)CCCC2=C1[C@@H]1OC(=O)/C(=C/O)[C@@H]1[C@H]2O. The molecule has 1 aliphatic heterocycles. The molecule has 1 heterocycles. The van der Waals surface area contributed by atoms with Gasteiger partial charge in [0.15, 0.2) is 0 Å². The van der Waals surface area contributed by atoms with Crippen molar-refractivity contribution in [1.82, 2.24) is 0 Å². The van der Waals surface area contributed by atoms with Crippen molar-refractivity contribution in [2.75, 3.05) is 0 Å². The van der Waals surface area contributed by atoms with E-state index in [-0.39, 0.29) is 17.1 Å². The van der Waals surface area contributed by atoms with Gasteiger partial charge in [-0.05, 0) is 35.8 Å². The highest BCUT2D eigenvalue weighted by Gasteiger charge is 2.56. The summed E-state index contributed by atoms with van der Waals surface area (Å²) in [5, 5.41) is 19.6. The normalized spacial score (nSPS) is 39.8. The molecule has 3 rings (SSSR count). The van der Waals surface area contributed by atoms with Crippen molar-refractivity contribution in [1.29, 1.82) is 0 Å². The number of carbonyl (C=O) groups excluding carboxylic acids is 1. The molecule has 0 aromatic carbocycles. The van der Waals surface area contributed by atoms with Gasteiger partial charge in [-0.3, -0.25) is 0 Å². The molecule has 0 amide bonds. The average Bonchev–Trinajstić information content (AvgIpc) is 2.75. The number of aliphatic hydroxyl groups is 2. The van der Waals surface area contributed by atoms with Crippen LogP contribution in [-0.2, 0) is 9.53 Å². The zero-order chi connectivity index (χ0) is 13.1. The molecule has 4 heteroatoms. The van der Waals surface area contributed by atoms with Gasteiger partial charge in [0.25, 0.3) is 0 Å². The second-order valence-electron chi connectivity index (χ2n) is 6.06. The summed E-state index contributed by atoms with van der Waals surface area (Å²) in [7, 11) is 0. The lowest BCUT2D eigenvalue weighted by Crippen LogP contribution is -2.27. The third-order valence-electron chi connectivity index (χ3n) is 4.60. The van der Waals surface area contributed by atoms with Gasteiger partial charge in [0.2, 0.25) is 0 Å². The molecule has 3 atom stereocenters. The summed E-state index contributed by atoms with van der Waals surface area (Å²) < 4.78 is 5.38. The smallest absolute Gasteiger partial charge is 0.338 e. The number of fused-ring (bicyclic) bond motifs is 2. The number of rotatable bonds is 0. The molecule has 0 radical (unpaired) electrons. The summed E-state index contributed by atoms with van der Waals surface area (Å²) in [6.07, 6.45) is 2.68. The Bertz CT molecular complexity index is 472. The van der Waals surface area contributed by atoms with Crippen LogP contribution in [0.3, 0.4) is 0 Å². The van der Waals surface area contributed by atoms with Crippen molar-refractivity contribution in [2.24, 2.45) is 11.3 Å². The van der Waals surface area contributed by atoms with Gasteiger partial charge in [-0.25, -0.2) is 4.79 Å². The number of hydrogen-bond donors (Lipinski definition) is 2. The lowest BCUT2D eigenvalue weighted by molar-refractivity contribution is -0.138. The quantitative estimate of drug-likeness (QED) is 0.298. The van der Waals surface area contributed by atoms with E-state index in [2.05, 4.69) is 13.8 Å². The van der Waals surface area contributed by atoms with Gasteiger partial charge in [0.1, 0.15) is 6.10 Å². The van der Waals surface area contributed by atoms with E-state index in [0.29, 0.717) is 0 Å². The van der Waals surface area contributed by atoms with Gasteiger partial charge >= 0.3 is 5.97 Å². The minimum atomic E-state index is -0.686. The van der Waals surface area contributed by atoms with E-state index in [4.69, 9.17) is 4.74 Å². The summed E-state index contributed by atoms with van der Waals surface area (Å²) >= 11 is 0. The predicted molar refractivity (Wildman–Crippen MR) is 64.7 cm³/mol. The maximum atomic E-state index is 11.7. The first-order chi connectivity index (χ1) is 8.47. The van der Waals surface area contributed by atoms with Crippen LogP contribution in [0.15, 0.2) is 23.0 Å². The number of hydrogen-bond acceptors (Lipinski definition) is 4. The largest absolute Gasteiger partial charge is 0.515 e. The van der Waals surface area contributed by atoms with Crippen LogP contribution < -0.4 is 0 Å². The van der Waals surface area contributed by atoms with Gasteiger partial charge in [0.05, 0.1) is 23.9 Å². The van der Waals surface area contributed by atoms with Crippen LogP contribution in [0.25, 0.3) is 0 Å². The molecule has 0 aromatic rings. The summed E-state index contributed by atoms with van der Waals surface area (Å²) in [5.74, 6) is -0.913. The van der Waals surface area contributed by atoms with Crippen LogP contribution in [0.5, 0.6) is 0 Å². The Morgan fingerprint density at radius 3 is 2.83 bits per heavy atom. The van der Waals surface area contributed by atoms with Crippen molar-refractivity contribution in [3.05, 3.63) is 23.0 Å². The molecule has 0 unspecified atom stereocenters. The molecule has 2 aliphatic carbocycles. The van der Waals surface area contributed by atoms with Gasteiger partial charge in [-0.2, -0.15) is 0 Å². The van der Waals surface area contributed by atoms with Crippen LogP contribution in [-0.4, -0.2) is 28.4 Å². The lowest BCUT2D eigenvalue weighted by atomic mass is 9.72. The van der Waals surface area contributed by atoms with Crippen LogP contribution in [0.2, 0.25) is 0 Å². The van der Waals surface area contributed by atoms with Crippen molar-refractivity contribution < 1.29 is 19.7 Å². The fourth-order valence-electron chi connectivity index (χ4n) is 3.79. The Morgan fingerprint density at radius 2 is 2.17 bits per heavy atom. The molecule has 0 bridgehead atoms. The van der Waals surface area contributed by atoms with Gasteiger partial charge in [-0.15, -0.1) is 0 Å². The first-order valence-electron chi connectivity index (χ1n) is 6.44. The standard InChI is InChI=1S/C14H18O4/c1-14(2)5-3-4-7-10(14)12-9(11(7)16)8(6-15)13(17)18-12/h6,9,11-12,15-16H,3-5H2,1-2H3/b8-6+/t9-,11+,12-/m1/s1. The molecule has 0 aromatic heterocycles. The van der Waals surface area contributed by atoms with E-state index >= 15 is 0 Å². The van der Waals surface area contributed by atoms with Gasteiger partial charge in [-0.1, -0.05) is 13.8 Å². The first kappa shape index (κ1) is 11.8. The van der Waals surface area contributed by atoms with E-state index in [1.165, 1.54) is 0 Å². The minimum absolute atomic E-state index is 0.0425. The third-order valence-corrected chi connectivity index (χ3v) is 4.60. The highest BCUT2D eigenvalue weighted by molar-refractivity contribution is 5.92. The Balaban J connectivity index is 2.09. The minimum Gasteiger partial charge on any atom is -0.515 e. The van der Waals surface area contributed by atoms with E-state index in [9.17, 15) is 15.0 Å². The average molecular weight is 250 g/mol. The molecular weight excluding hydrogens is 232 g/mol. The number of ether oxygens (including phenoxy) is 1. The topological polar surface area (TPSA) is 66.8 Å². The molecule has 0 saturated carbocycles. The molecular formula is C14H18O4. The molecule has 1 fully saturated rings. The van der Waals surface area contributed by atoms with Crippen LogP contribution >= 0.6 is 0 Å². The fraction of sp³-hybridized carbons (Fsp3) is 0.643. The number of aliphatic hydroxyl groups excluding tert-OH is 2. The summed E-state index contributed by atoms with van der Waals surface area (Å²) in [6, 6.07) is 0. The second-order valence-corrected chi connectivity index (χ2v) is 6.06. The molecule has 4 nitrogen and oxygen atoms in total. The van der Waals surface area contributed by atoms with Crippen LogP contribution in [0.1, 0.15) is 33.1 Å². The zero-order valence-electron chi connectivity index (χ0n) is 10.6.